The van der Waals surface area contributed by atoms with Gasteiger partial charge < -0.3 is 69.8 Å². The number of rotatable bonds is 73. The largest absolute Gasteiger partial charge is 0.457 e. The lowest BCUT2D eigenvalue weighted by molar-refractivity contribution is 0.0944. The number of carbonyl (C=O) groups excluding carboxylic acids is 3. The first-order chi connectivity index (χ1) is 64.1. The lowest BCUT2D eigenvalue weighted by atomic mass is 9.74. The van der Waals surface area contributed by atoms with Gasteiger partial charge in [0.15, 0.2) is 0 Å². The molecule has 4 heterocycles. The zero-order valence-electron chi connectivity index (χ0n) is 83.9. The van der Waals surface area contributed by atoms with Crippen LogP contribution >= 0.6 is 0 Å². The fourth-order valence-corrected chi connectivity index (χ4v) is 21.3. The molecule has 734 valence electrons. The number of hydrogen-bond acceptors (Lipinski definition) is 11. The summed E-state index contributed by atoms with van der Waals surface area (Å²) in [5.74, 6) is 4.15. The predicted octanol–water partition coefficient (Wildman–Crippen LogP) is 32.3. The fourth-order valence-electron chi connectivity index (χ4n) is 21.3. The first kappa shape index (κ1) is 107. The maximum Gasteiger partial charge on any atom is 0.315 e. The minimum Gasteiger partial charge on any atom is -0.457 e. The van der Waals surface area contributed by atoms with Crippen LogP contribution in [0.1, 0.15) is 550 Å². The summed E-state index contributed by atoms with van der Waals surface area (Å²) in [4.78, 5) is 43.8. The molecule has 0 fully saturated rings. The Bertz CT molecular complexity index is 3600. The molecule has 9 rings (SSSR count). The normalized spacial score (nSPS) is 15.5. The van der Waals surface area contributed by atoms with Crippen molar-refractivity contribution in [1.29, 1.82) is 0 Å². The lowest BCUT2D eigenvalue weighted by Crippen LogP contribution is -2.36. The van der Waals surface area contributed by atoms with Crippen molar-refractivity contribution in [1.82, 2.24) is 31.9 Å². The number of carbonyl (C=O) groups is 3. The molecule has 1 aliphatic carbocycles. The van der Waals surface area contributed by atoms with Crippen molar-refractivity contribution in [3.05, 3.63) is 91.0 Å². The summed E-state index contributed by atoms with van der Waals surface area (Å²) in [5.41, 5.74) is 11.3. The van der Waals surface area contributed by atoms with E-state index in [1.54, 1.807) is 0 Å². The fraction of sp³-hybridized carbons (Fsp3) is 0.761. The molecule has 6 amide bonds. The molecule has 4 aliphatic heterocycles. The highest BCUT2D eigenvalue weighted by Gasteiger charge is 2.42. The molecule has 0 spiro atoms. The summed E-state index contributed by atoms with van der Waals surface area (Å²) in [5, 5.41) is 20.0. The van der Waals surface area contributed by atoms with E-state index in [9.17, 15) is 14.4 Å². The smallest absolute Gasteiger partial charge is 0.315 e. The number of ether oxygens (including phenoxy) is 8. The van der Waals surface area contributed by atoms with Crippen molar-refractivity contribution >= 4 is 18.1 Å². The first-order valence-electron chi connectivity index (χ1n) is 54.9. The van der Waals surface area contributed by atoms with E-state index in [1.807, 2.05) is 0 Å². The quantitative estimate of drug-likeness (QED) is 0.0230. The Hall–Kier alpha value is -6.91. The Morgan fingerprint density at radius 1 is 0.215 bits per heavy atom. The Balaban J connectivity index is 1.08. The molecule has 0 radical (unpaired) electrons. The minimum atomic E-state index is -0.328. The Labute approximate surface area is 791 Å². The second-order valence-corrected chi connectivity index (χ2v) is 39.5. The van der Waals surface area contributed by atoms with Crippen LogP contribution in [0.15, 0.2) is 24.3 Å². The third-order valence-electron chi connectivity index (χ3n) is 28.9. The zero-order valence-corrected chi connectivity index (χ0v) is 83.9. The topological polar surface area (TPSA) is 197 Å². The van der Waals surface area contributed by atoms with Crippen LogP contribution in [0.4, 0.5) is 14.4 Å². The average molecular weight is 1800 g/mol. The number of hydrogen-bond donors (Lipinski definition) is 6. The van der Waals surface area contributed by atoms with Gasteiger partial charge in [0.25, 0.3) is 0 Å². The van der Waals surface area contributed by atoms with Crippen LogP contribution in [0.25, 0.3) is 0 Å². The van der Waals surface area contributed by atoms with Gasteiger partial charge in [-0.15, -0.1) is 0 Å². The van der Waals surface area contributed by atoms with Crippen LogP contribution in [0.2, 0.25) is 0 Å². The van der Waals surface area contributed by atoms with Crippen LogP contribution in [-0.2, 0) is 19.6 Å². The molecule has 0 aromatic heterocycles. The Kier molecular flexibility index (Phi) is 53.3. The van der Waals surface area contributed by atoms with Gasteiger partial charge in [0.1, 0.15) is 46.0 Å². The Morgan fingerprint density at radius 2 is 0.369 bits per heavy atom. The van der Waals surface area contributed by atoms with Crippen molar-refractivity contribution in [2.24, 2.45) is 0 Å². The van der Waals surface area contributed by atoms with Gasteiger partial charge in [-0.05, 0) is 76.1 Å². The number of urea groups is 3. The molecule has 17 nitrogen and oxygen atoms in total. The molecule has 4 atom stereocenters. The van der Waals surface area contributed by atoms with Gasteiger partial charge in [-0.2, -0.15) is 0 Å². The van der Waals surface area contributed by atoms with Gasteiger partial charge >= 0.3 is 18.1 Å². The van der Waals surface area contributed by atoms with Crippen LogP contribution in [0.5, 0.6) is 46.0 Å². The molecular formula is C113H186N6O11. The molecule has 130 heavy (non-hydrogen) atoms. The third-order valence-corrected chi connectivity index (χ3v) is 28.9. The van der Waals surface area contributed by atoms with Crippen LogP contribution in [0, 0.1) is 6.92 Å². The first-order valence-corrected chi connectivity index (χ1v) is 54.9. The van der Waals surface area contributed by atoms with Crippen molar-refractivity contribution < 1.29 is 52.3 Å². The van der Waals surface area contributed by atoms with E-state index in [2.05, 4.69) is 112 Å². The number of amides is 6. The van der Waals surface area contributed by atoms with E-state index in [0.29, 0.717) is 54.1 Å². The highest BCUT2D eigenvalue weighted by Crippen LogP contribution is 2.59. The summed E-state index contributed by atoms with van der Waals surface area (Å²) >= 11 is 0. The van der Waals surface area contributed by atoms with E-state index in [0.717, 1.165) is 226 Å². The molecule has 0 saturated heterocycles. The average Bonchev–Trinajstić information content (AvgIpc) is 0.718. The molecule has 17 heteroatoms. The SMILES string of the molecule is CCCCCCCCCCCCCCCCCCNC(=O)NCc1c2c3cc4c1OCOc1c(cc5c(c1CNC(=O)NCCCCCCCCCCCCCCCCCC)OCOc1c(cc6c(c1CNC(=O)NCCCCCCCCCCCCCCCCCC)OCOc1c(cc(c(c1C)OCO2)C3CCCCC)C6CCCCC)C5CCCCC)C4CCCCC. The summed E-state index contributed by atoms with van der Waals surface area (Å²) in [6.07, 6.45) is 76.8. The van der Waals surface area contributed by atoms with Gasteiger partial charge in [0, 0.05) is 93.4 Å². The standard InChI is InChI=1S/C113H186N6O11/c1-9-16-23-26-29-32-35-38-41-44-47-50-53-56-59-66-73-114-111(120)117-80-100-105-94-77-96-90(71-64-21-14-6)98-79-99-91(72-65-22-15-7)97-78-95-89(70-63-20-13-5)93-76-92(88(94)69-62-19-12-4)103(123-83-125-105)87(8)104(93)124-84-126-106(95)101(81-118-112(121)115-74-67-60-57-54-51-48-45-42-39-36-33-30-27-24-17-10-2)108(97)128-86-130-110(99)102(109(98)129-85-127-107(96)100)82-119-113(122)116-75-68-61-58-55-52-49-46-43-40-37-34-31-28-25-18-11-3/h76-79,88-91H,9-75,80-86H2,1-8H3,(H2,114,117,120)(H2,115,118,121)(H2,116,119,122). The second kappa shape index (κ2) is 64.9. The minimum absolute atomic E-state index is 0.0986. The third kappa shape index (κ3) is 35.7. The Morgan fingerprint density at radius 3 is 0.554 bits per heavy atom. The summed E-state index contributed by atoms with van der Waals surface area (Å²) in [6.45, 7) is 19.6. The van der Waals surface area contributed by atoms with E-state index >= 15 is 0 Å². The highest BCUT2D eigenvalue weighted by molar-refractivity contribution is 5.77. The van der Waals surface area contributed by atoms with Gasteiger partial charge in [-0.3, -0.25) is 0 Å². The van der Waals surface area contributed by atoms with Crippen molar-refractivity contribution in [2.75, 3.05) is 46.8 Å². The van der Waals surface area contributed by atoms with Gasteiger partial charge in [-0.1, -0.05) is 414 Å². The predicted molar refractivity (Wildman–Crippen MR) is 538 cm³/mol. The van der Waals surface area contributed by atoms with Crippen molar-refractivity contribution in [2.45, 2.75) is 510 Å². The molecular weight excluding hydrogens is 1620 g/mol. The van der Waals surface area contributed by atoms with E-state index in [-0.39, 0.29) is 88.6 Å². The number of nitrogens with one attached hydrogen (secondary N) is 6. The molecule has 4 aromatic carbocycles. The second-order valence-electron chi connectivity index (χ2n) is 39.5. The molecule has 4 aromatic rings. The van der Waals surface area contributed by atoms with Gasteiger partial charge in [0.05, 0.1) is 36.3 Å². The monoisotopic (exact) mass is 1800 g/mol. The molecule has 0 saturated carbocycles. The zero-order chi connectivity index (χ0) is 91.6. The van der Waals surface area contributed by atoms with Crippen molar-refractivity contribution in [3.8, 4) is 46.0 Å². The van der Waals surface area contributed by atoms with E-state index in [1.165, 1.54) is 263 Å². The van der Waals surface area contributed by atoms with Gasteiger partial charge in [-0.25, -0.2) is 14.4 Å². The lowest BCUT2D eigenvalue weighted by Gasteiger charge is -2.37. The highest BCUT2D eigenvalue weighted by atomic mass is 16.7. The molecule has 8 bridgehead atoms. The van der Waals surface area contributed by atoms with Crippen LogP contribution in [-0.4, -0.2) is 64.9 Å². The molecule has 6 N–H and O–H groups in total. The maximum atomic E-state index is 14.7. The van der Waals surface area contributed by atoms with Crippen LogP contribution in [0.3, 0.4) is 0 Å². The van der Waals surface area contributed by atoms with Gasteiger partial charge in [0.2, 0.25) is 27.2 Å². The number of benzene rings is 4. The maximum absolute atomic E-state index is 14.7. The molecule has 4 unspecified atom stereocenters. The van der Waals surface area contributed by atoms with Crippen LogP contribution < -0.4 is 69.8 Å². The molecule has 5 aliphatic rings. The van der Waals surface area contributed by atoms with Crippen molar-refractivity contribution in [3.63, 3.8) is 0 Å². The number of unbranched alkanes of at least 4 members (excludes halogenated alkanes) is 53. The summed E-state index contributed by atoms with van der Waals surface area (Å²) in [6, 6.07) is 8.96. The summed E-state index contributed by atoms with van der Waals surface area (Å²) < 4.78 is 58.0. The van der Waals surface area contributed by atoms with E-state index in [4.69, 9.17) is 37.9 Å². The van der Waals surface area contributed by atoms with E-state index < -0.39 is 0 Å². The summed E-state index contributed by atoms with van der Waals surface area (Å²) in [7, 11) is 0.